The molecule has 0 spiro atoms. The van der Waals surface area contributed by atoms with Gasteiger partial charge in [-0.15, -0.1) is 0 Å². The number of Topliss-reactive ketones (excluding diaryl/α,β-unsaturated/α-hetero) is 1. The van der Waals surface area contributed by atoms with Gasteiger partial charge in [0.1, 0.15) is 5.75 Å². The minimum Gasteiger partial charge on any atom is -0.496 e. The van der Waals surface area contributed by atoms with Gasteiger partial charge in [-0.25, -0.2) is 0 Å². The van der Waals surface area contributed by atoms with Crippen LogP contribution in [0.15, 0.2) is 12.1 Å². The average molecular weight is 330 g/mol. The molecular formula is C15H17Cl2NO3. The third-order valence-electron chi connectivity index (χ3n) is 3.82. The van der Waals surface area contributed by atoms with Gasteiger partial charge in [-0.2, -0.15) is 0 Å². The Kier molecular flexibility index (Phi) is 5.12. The largest absolute Gasteiger partial charge is 0.496 e. The minimum atomic E-state index is -0.119. The normalized spacial score (nSPS) is 15.9. The molecular weight excluding hydrogens is 313 g/mol. The van der Waals surface area contributed by atoms with E-state index in [1.165, 1.54) is 7.11 Å². The number of amides is 1. The van der Waals surface area contributed by atoms with Crippen LogP contribution in [0.3, 0.4) is 0 Å². The average Bonchev–Trinajstić information content (AvgIpc) is 2.49. The molecule has 0 bridgehead atoms. The fraction of sp³-hybridized carbons (Fsp3) is 0.467. The zero-order valence-electron chi connectivity index (χ0n) is 12.0. The first-order valence-electron chi connectivity index (χ1n) is 6.76. The predicted molar refractivity (Wildman–Crippen MR) is 82.3 cm³/mol. The van der Waals surface area contributed by atoms with Crippen LogP contribution in [0.25, 0.3) is 0 Å². The van der Waals surface area contributed by atoms with Gasteiger partial charge in [0.05, 0.1) is 22.7 Å². The summed E-state index contributed by atoms with van der Waals surface area (Å²) in [4.78, 5) is 25.7. The minimum absolute atomic E-state index is 0.00591. The van der Waals surface area contributed by atoms with Crippen molar-refractivity contribution in [1.82, 2.24) is 4.90 Å². The van der Waals surface area contributed by atoms with Gasteiger partial charge in [-0.05, 0) is 18.9 Å². The number of hydrogen-bond acceptors (Lipinski definition) is 3. The number of carbonyl (C=O) groups is 2. The van der Waals surface area contributed by atoms with E-state index in [-0.39, 0.29) is 17.6 Å². The zero-order valence-corrected chi connectivity index (χ0v) is 13.5. The zero-order chi connectivity index (χ0) is 15.6. The van der Waals surface area contributed by atoms with Crippen LogP contribution in [0, 0.1) is 5.92 Å². The molecule has 4 nitrogen and oxygen atoms in total. The maximum Gasteiger partial charge on any atom is 0.219 e. The molecule has 1 fully saturated rings. The van der Waals surface area contributed by atoms with Crippen molar-refractivity contribution in [2.75, 3.05) is 20.2 Å². The third-order valence-corrected chi connectivity index (χ3v) is 4.54. The van der Waals surface area contributed by atoms with Crippen molar-refractivity contribution < 1.29 is 14.3 Å². The number of ether oxygens (including phenoxy) is 1. The van der Waals surface area contributed by atoms with Crippen LogP contribution in [-0.2, 0) is 4.79 Å². The van der Waals surface area contributed by atoms with Gasteiger partial charge in [0.2, 0.25) is 5.91 Å². The second-order valence-electron chi connectivity index (χ2n) is 5.11. The number of methoxy groups -OCH3 is 1. The molecule has 0 unspecified atom stereocenters. The first-order chi connectivity index (χ1) is 9.93. The molecule has 1 aromatic rings. The van der Waals surface area contributed by atoms with Crippen molar-refractivity contribution >= 4 is 34.9 Å². The van der Waals surface area contributed by atoms with Crippen molar-refractivity contribution in [3.63, 3.8) is 0 Å². The highest BCUT2D eigenvalue weighted by Gasteiger charge is 2.28. The van der Waals surface area contributed by atoms with E-state index >= 15 is 0 Å². The number of piperidine rings is 1. The fourth-order valence-electron chi connectivity index (χ4n) is 2.57. The maximum atomic E-state index is 12.6. The van der Waals surface area contributed by atoms with E-state index < -0.39 is 0 Å². The molecule has 0 saturated carbocycles. The van der Waals surface area contributed by atoms with Gasteiger partial charge in [0.15, 0.2) is 5.78 Å². The number of hydrogen-bond donors (Lipinski definition) is 0. The Morgan fingerprint density at radius 1 is 1.19 bits per heavy atom. The molecule has 0 atom stereocenters. The van der Waals surface area contributed by atoms with Gasteiger partial charge in [0.25, 0.3) is 0 Å². The number of nitrogens with zero attached hydrogens (tertiary/aromatic N) is 1. The van der Waals surface area contributed by atoms with E-state index in [0.717, 1.165) is 0 Å². The van der Waals surface area contributed by atoms with Gasteiger partial charge < -0.3 is 9.64 Å². The Morgan fingerprint density at radius 2 is 1.76 bits per heavy atom. The van der Waals surface area contributed by atoms with Gasteiger partial charge >= 0.3 is 0 Å². The van der Waals surface area contributed by atoms with Crippen LogP contribution in [0.4, 0.5) is 0 Å². The van der Waals surface area contributed by atoms with Crippen molar-refractivity contribution in [2.45, 2.75) is 19.8 Å². The summed E-state index contributed by atoms with van der Waals surface area (Å²) < 4.78 is 5.22. The van der Waals surface area contributed by atoms with Crippen LogP contribution in [0.1, 0.15) is 30.1 Å². The van der Waals surface area contributed by atoms with E-state index in [2.05, 4.69) is 0 Å². The number of rotatable bonds is 3. The summed E-state index contributed by atoms with van der Waals surface area (Å²) >= 11 is 11.9. The number of carbonyl (C=O) groups excluding carboxylic acids is 2. The SMILES string of the molecule is COc1cc(Cl)c(Cl)cc1C(=O)C1CCN(C(C)=O)CC1. The highest BCUT2D eigenvalue weighted by Crippen LogP contribution is 2.33. The highest BCUT2D eigenvalue weighted by atomic mass is 35.5. The quantitative estimate of drug-likeness (QED) is 0.798. The van der Waals surface area contributed by atoms with Crippen LogP contribution in [0.5, 0.6) is 5.75 Å². The second-order valence-corrected chi connectivity index (χ2v) is 5.93. The highest BCUT2D eigenvalue weighted by molar-refractivity contribution is 6.42. The lowest BCUT2D eigenvalue weighted by Crippen LogP contribution is -2.39. The van der Waals surface area contributed by atoms with Crippen molar-refractivity contribution in [3.8, 4) is 5.75 Å². The Hall–Kier alpha value is -1.26. The Labute approximate surface area is 134 Å². The predicted octanol–water partition coefficient (Wildman–Crippen LogP) is 3.44. The molecule has 0 N–H and O–H groups in total. The lowest BCUT2D eigenvalue weighted by atomic mass is 9.88. The van der Waals surface area contributed by atoms with Gasteiger partial charge in [-0.3, -0.25) is 9.59 Å². The van der Waals surface area contributed by atoms with E-state index in [9.17, 15) is 9.59 Å². The van der Waals surface area contributed by atoms with Gasteiger partial charge in [0, 0.05) is 32.0 Å². The lowest BCUT2D eigenvalue weighted by molar-refractivity contribution is -0.130. The summed E-state index contributed by atoms with van der Waals surface area (Å²) in [5.74, 6) is 0.358. The number of halogens is 2. The Bertz CT molecular complexity index is 566. The molecule has 0 aliphatic carbocycles. The summed E-state index contributed by atoms with van der Waals surface area (Å²) in [7, 11) is 1.49. The molecule has 2 rings (SSSR count). The maximum absolute atomic E-state index is 12.6. The Morgan fingerprint density at radius 3 is 2.29 bits per heavy atom. The van der Waals surface area contributed by atoms with Crippen LogP contribution in [-0.4, -0.2) is 36.8 Å². The molecule has 6 heteroatoms. The third kappa shape index (κ3) is 3.50. The number of likely N-dealkylation sites (tertiary alicyclic amines) is 1. The van der Waals surface area contributed by atoms with Crippen molar-refractivity contribution in [3.05, 3.63) is 27.7 Å². The summed E-state index contributed by atoms with van der Waals surface area (Å²) in [6.45, 7) is 2.76. The number of ketones is 1. The van der Waals surface area contributed by atoms with Crippen molar-refractivity contribution in [1.29, 1.82) is 0 Å². The van der Waals surface area contributed by atoms with E-state index in [1.54, 1.807) is 24.0 Å². The summed E-state index contributed by atoms with van der Waals surface area (Å²) in [5.41, 5.74) is 0.452. The first kappa shape index (κ1) is 16.1. The molecule has 0 aromatic heterocycles. The monoisotopic (exact) mass is 329 g/mol. The number of benzene rings is 1. The second kappa shape index (κ2) is 6.67. The first-order valence-corrected chi connectivity index (χ1v) is 7.52. The lowest BCUT2D eigenvalue weighted by Gasteiger charge is -2.30. The topological polar surface area (TPSA) is 46.6 Å². The molecule has 0 radical (unpaired) electrons. The van der Waals surface area contributed by atoms with E-state index in [0.29, 0.717) is 47.3 Å². The molecule has 1 aliphatic rings. The van der Waals surface area contributed by atoms with Crippen molar-refractivity contribution in [2.24, 2.45) is 5.92 Å². The molecule has 1 heterocycles. The summed E-state index contributed by atoms with van der Waals surface area (Å²) in [6, 6.07) is 3.12. The Balaban J connectivity index is 2.18. The van der Waals surface area contributed by atoms with E-state index in [4.69, 9.17) is 27.9 Å². The van der Waals surface area contributed by atoms with Crippen LogP contribution >= 0.6 is 23.2 Å². The van der Waals surface area contributed by atoms with Gasteiger partial charge in [-0.1, -0.05) is 23.2 Å². The summed E-state index contributed by atoms with van der Waals surface area (Å²) in [5, 5.41) is 0.693. The van der Waals surface area contributed by atoms with Crippen LogP contribution in [0.2, 0.25) is 10.0 Å². The summed E-state index contributed by atoms with van der Waals surface area (Å²) in [6.07, 6.45) is 1.31. The molecule has 1 aliphatic heterocycles. The molecule has 1 aromatic carbocycles. The molecule has 1 saturated heterocycles. The fourth-order valence-corrected chi connectivity index (χ4v) is 2.88. The smallest absolute Gasteiger partial charge is 0.219 e. The van der Waals surface area contributed by atoms with Crippen LogP contribution < -0.4 is 4.74 Å². The molecule has 114 valence electrons. The molecule has 21 heavy (non-hydrogen) atoms. The standard InChI is InChI=1S/C15H17Cl2NO3/c1-9(19)18-5-3-10(4-6-18)15(20)11-7-12(16)13(17)8-14(11)21-2/h7-8,10H,3-6H2,1-2H3. The van der Waals surface area contributed by atoms with E-state index in [1.807, 2.05) is 0 Å². The molecule has 1 amide bonds.